The van der Waals surface area contributed by atoms with Crippen LogP contribution in [-0.2, 0) is 6.54 Å². The Labute approximate surface area is 126 Å². The molecular weight excluding hydrogens is 266 g/mol. The lowest BCUT2D eigenvalue weighted by atomic mass is 9.94. The first-order chi connectivity index (χ1) is 10.2. The predicted molar refractivity (Wildman–Crippen MR) is 82.3 cm³/mol. The van der Waals surface area contributed by atoms with E-state index in [2.05, 4.69) is 10.3 Å². The Kier molecular flexibility index (Phi) is 5.84. The Morgan fingerprint density at radius 2 is 2.19 bits per heavy atom. The van der Waals surface area contributed by atoms with Gasteiger partial charge in [0.2, 0.25) is 5.88 Å². The van der Waals surface area contributed by atoms with Gasteiger partial charge in [0.1, 0.15) is 0 Å². The Balaban J connectivity index is 1.89. The van der Waals surface area contributed by atoms with Crippen LogP contribution in [0.15, 0.2) is 18.3 Å². The van der Waals surface area contributed by atoms with Gasteiger partial charge in [-0.3, -0.25) is 0 Å². The molecule has 1 aliphatic rings. The van der Waals surface area contributed by atoms with Gasteiger partial charge in [-0.15, -0.1) is 0 Å². The number of methoxy groups -OCH3 is 1. The molecule has 0 atom stereocenters. The highest BCUT2D eigenvalue weighted by atomic mass is 16.5. The summed E-state index contributed by atoms with van der Waals surface area (Å²) in [7, 11) is 1.59. The van der Waals surface area contributed by atoms with Gasteiger partial charge in [-0.1, -0.05) is 19.3 Å². The van der Waals surface area contributed by atoms with E-state index < -0.39 is 0 Å². The van der Waals surface area contributed by atoms with E-state index >= 15 is 0 Å². The standard InChI is InChI=1S/C16H25N3O2/c1-3-19(14-7-5-4-6-8-14)16(20)18-12-13-9-10-17-15(11-13)21-2/h9-11,14H,3-8,12H2,1-2H3,(H,18,20). The minimum Gasteiger partial charge on any atom is -0.481 e. The zero-order valence-electron chi connectivity index (χ0n) is 13.0. The summed E-state index contributed by atoms with van der Waals surface area (Å²) in [4.78, 5) is 18.4. The molecule has 0 unspecified atom stereocenters. The van der Waals surface area contributed by atoms with Crippen molar-refractivity contribution >= 4 is 6.03 Å². The molecule has 2 amide bonds. The Morgan fingerprint density at radius 3 is 2.86 bits per heavy atom. The molecule has 1 heterocycles. The molecule has 2 rings (SSSR count). The van der Waals surface area contributed by atoms with Crippen molar-refractivity contribution in [3.8, 4) is 5.88 Å². The lowest BCUT2D eigenvalue weighted by Gasteiger charge is -2.33. The van der Waals surface area contributed by atoms with Gasteiger partial charge in [0.05, 0.1) is 7.11 Å². The number of pyridine rings is 1. The van der Waals surface area contributed by atoms with Gasteiger partial charge in [-0.2, -0.15) is 0 Å². The highest BCUT2D eigenvalue weighted by Crippen LogP contribution is 2.22. The molecule has 1 aromatic rings. The number of aromatic nitrogens is 1. The summed E-state index contributed by atoms with van der Waals surface area (Å²) >= 11 is 0. The summed E-state index contributed by atoms with van der Waals surface area (Å²) < 4.78 is 5.09. The van der Waals surface area contributed by atoms with Gasteiger partial charge < -0.3 is 15.0 Å². The second-order valence-electron chi connectivity index (χ2n) is 5.44. The molecule has 0 radical (unpaired) electrons. The van der Waals surface area contributed by atoms with Crippen LogP contribution in [-0.4, -0.2) is 35.6 Å². The molecule has 5 heteroatoms. The fourth-order valence-electron chi connectivity index (χ4n) is 2.91. The van der Waals surface area contributed by atoms with Crippen LogP contribution in [0.25, 0.3) is 0 Å². The third-order valence-electron chi connectivity index (χ3n) is 4.07. The Hall–Kier alpha value is -1.78. The van der Waals surface area contributed by atoms with Crippen LogP contribution in [0, 0.1) is 0 Å². The molecule has 0 aliphatic heterocycles. The molecule has 21 heavy (non-hydrogen) atoms. The maximum atomic E-state index is 12.4. The van der Waals surface area contributed by atoms with Crippen molar-refractivity contribution in [2.45, 2.75) is 51.6 Å². The quantitative estimate of drug-likeness (QED) is 0.907. The van der Waals surface area contributed by atoms with Gasteiger partial charge in [-0.05, 0) is 31.4 Å². The van der Waals surface area contributed by atoms with Crippen molar-refractivity contribution in [3.05, 3.63) is 23.9 Å². The number of rotatable bonds is 5. The van der Waals surface area contributed by atoms with Gasteiger partial charge in [0.15, 0.2) is 0 Å². The molecular formula is C16H25N3O2. The zero-order chi connectivity index (χ0) is 15.1. The summed E-state index contributed by atoms with van der Waals surface area (Å²) in [6, 6.07) is 4.16. The summed E-state index contributed by atoms with van der Waals surface area (Å²) in [5, 5.41) is 3.00. The molecule has 0 spiro atoms. The second-order valence-corrected chi connectivity index (χ2v) is 5.44. The maximum Gasteiger partial charge on any atom is 0.317 e. The summed E-state index contributed by atoms with van der Waals surface area (Å²) in [6.45, 7) is 3.31. The molecule has 5 nitrogen and oxygen atoms in total. The number of nitrogens with zero attached hydrogens (tertiary/aromatic N) is 2. The van der Waals surface area contributed by atoms with Crippen LogP contribution >= 0.6 is 0 Å². The number of hydrogen-bond donors (Lipinski definition) is 1. The van der Waals surface area contributed by atoms with Crippen molar-refractivity contribution in [1.29, 1.82) is 0 Å². The first kappa shape index (κ1) is 15.6. The molecule has 1 fully saturated rings. The monoisotopic (exact) mass is 291 g/mol. The highest BCUT2D eigenvalue weighted by molar-refractivity contribution is 5.74. The SMILES string of the molecule is CCN(C(=O)NCc1ccnc(OC)c1)C1CCCCC1. The lowest BCUT2D eigenvalue weighted by molar-refractivity contribution is 0.159. The summed E-state index contributed by atoms with van der Waals surface area (Å²) in [5.41, 5.74) is 0.995. The summed E-state index contributed by atoms with van der Waals surface area (Å²) in [6.07, 6.45) is 7.71. The molecule has 0 bridgehead atoms. The first-order valence-electron chi connectivity index (χ1n) is 7.78. The van der Waals surface area contributed by atoms with Crippen molar-refractivity contribution in [2.24, 2.45) is 0 Å². The topological polar surface area (TPSA) is 54.5 Å². The van der Waals surface area contributed by atoms with E-state index in [9.17, 15) is 4.79 Å². The van der Waals surface area contributed by atoms with E-state index in [1.165, 1.54) is 19.3 Å². The molecule has 1 aliphatic carbocycles. The Morgan fingerprint density at radius 1 is 1.43 bits per heavy atom. The van der Waals surface area contributed by atoms with Crippen LogP contribution < -0.4 is 10.1 Å². The van der Waals surface area contributed by atoms with Gasteiger partial charge in [-0.25, -0.2) is 9.78 Å². The minimum atomic E-state index is 0.0279. The van der Waals surface area contributed by atoms with Crippen LogP contribution in [0.4, 0.5) is 4.79 Å². The van der Waals surface area contributed by atoms with Crippen LogP contribution in [0.3, 0.4) is 0 Å². The van der Waals surface area contributed by atoms with Crippen molar-refractivity contribution in [1.82, 2.24) is 15.2 Å². The number of amides is 2. The second kappa shape index (κ2) is 7.86. The fourth-order valence-corrected chi connectivity index (χ4v) is 2.91. The van der Waals surface area contributed by atoms with Crippen molar-refractivity contribution in [2.75, 3.05) is 13.7 Å². The van der Waals surface area contributed by atoms with E-state index in [0.29, 0.717) is 18.5 Å². The molecule has 1 N–H and O–H groups in total. The molecule has 1 saturated carbocycles. The van der Waals surface area contributed by atoms with E-state index in [1.54, 1.807) is 13.3 Å². The average molecular weight is 291 g/mol. The third-order valence-corrected chi connectivity index (χ3v) is 4.07. The molecule has 1 aromatic heterocycles. The number of ether oxygens (including phenoxy) is 1. The number of nitrogens with one attached hydrogen (secondary N) is 1. The number of hydrogen-bond acceptors (Lipinski definition) is 3. The maximum absolute atomic E-state index is 12.4. The van der Waals surface area contributed by atoms with Crippen LogP contribution in [0.2, 0.25) is 0 Å². The van der Waals surface area contributed by atoms with E-state index in [0.717, 1.165) is 24.9 Å². The smallest absolute Gasteiger partial charge is 0.317 e. The third kappa shape index (κ3) is 4.34. The first-order valence-corrected chi connectivity index (χ1v) is 7.78. The van der Waals surface area contributed by atoms with E-state index in [1.807, 2.05) is 24.0 Å². The van der Waals surface area contributed by atoms with Crippen LogP contribution in [0.1, 0.15) is 44.6 Å². The van der Waals surface area contributed by atoms with E-state index in [4.69, 9.17) is 4.74 Å². The summed E-state index contributed by atoms with van der Waals surface area (Å²) in [5.74, 6) is 0.571. The number of urea groups is 1. The average Bonchev–Trinajstić information content (AvgIpc) is 2.55. The largest absolute Gasteiger partial charge is 0.481 e. The molecule has 0 aromatic carbocycles. The van der Waals surface area contributed by atoms with Crippen LogP contribution in [0.5, 0.6) is 5.88 Å². The minimum absolute atomic E-state index is 0.0279. The number of carbonyl (C=O) groups excluding carboxylic acids is 1. The fraction of sp³-hybridized carbons (Fsp3) is 0.625. The molecule has 116 valence electrons. The van der Waals surface area contributed by atoms with Crippen molar-refractivity contribution in [3.63, 3.8) is 0 Å². The van der Waals surface area contributed by atoms with Crippen molar-refractivity contribution < 1.29 is 9.53 Å². The molecule has 0 saturated heterocycles. The van der Waals surface area contributed by atoms with Gasteiger partial charge in [0.25, 0.3) is 0 Å². The lowest BCUT2D eigenvalue weighted by Crippen LogP contribution is -2.46. The zero-order valence-corrected chi connectivity index (χ0v) is 13.0. The van der Waals surface area contributed by atoms with E-state index in [-0.39, 0.29) is 6.03 Å². The number of carbonyl (C=O) groups is 1. The normalized spacial score (nSPS) is 15.5. The highest BCUT2D eigenvalue weighted by Gasteiger charge is 2.23. The van der Waals surface area contributed by atoms with Gasteiger partial charge in [0, 0.05) is 31.4 Å². The Bertz CT molecular complexity index is 459. The van der Waals surface area contributed by atoms with Gasteiger partial charge >= 0.3 is 6.03 Å². The predicted octanol–water partition coefficient (Wildman–Crippen LogP) is 2.95.